The van der Waals surface area contributed by atoms with Gasteiger partial charge < -0.3 is 20.2 Å². The van der Waals surface area contributed by atoms with E-state index in [1.807, 2.05) is 13.8 Å². The first kappa shape index (κ1) is 13.4. The van der Waals surface area contributed by atoms with Gasteiger partial charge in [-0.2, -0.15) is 0 Å². The van der Waals surface area contributed by atoms with Crippen molar-refractivity contribution in [2.24, 2.45) is 7.05 Å². The van der Waals surface area contributed by atoms with Gasteiger partial charge in [0.2, 0.25) is 11.6 Å². The molecule has 7 heteroatoms. The minimum absolute atomic E-state index is 0.0107. The zero-order chi connectivity index (χ0) is 13.0. The van der Waals surface area contributed by atoms with Crippen molar-refractivity contribution in [2.45, 2.75) is 26.8 Å². The van der Waals surface area contributed by atoms with Crippen molar-refractivity contribution >= 4 is 11.6 Å². The van der Waals surface area contributed by atoms with Crippen LogP contribution in [0.2, 0.25) is 0 Å². The molecule has 0 bridgehead atoms. The Hall–Kier alpha value is -1.63. The lowest BCUT2D eigenvalue weighted by Crippen LogP contribution is -2.23. The monoisotopic (exact) mass is 242 g/mol. The quantitative estimate of drug-likeness (QED) is 0.603. The van der Waals surface area contributed by atoms with Gasteiger partial charge in [-0.1, -0.05) is 0 Å². The summed E-state index contributed by atoms with van der Waals surface area (Å²) in [6, 6.07) is -0.0107. The summed E-state index contributed by atoms with van der Waals surface area (Å²) >= 11 is 0. The second-order valence-corrected chi connectivity index (χ2v) is 3.85. The van der Waals surface area contributed by atoms with E-state index >= 15 is 0 Å². The molecule has 1 rings (SSSR count). The molecule has 96 valence electrons. The molecule has 0 fully saturated rings. The third kappa shape index (κ3) is 3.16. The van der Waals surface area contributed by atoms with Crippen molar-refractivity contribution in [3.63, 3.8) is 0 Å². The normalized spacial score (nSPS) is 12.5. The van der Waals surface area contributed by atoms with Crippen molar-refractivity contribution in [2.75, 3.05) is 18.5 Å². The first-order chi connectivity index (χ1) is 7.97. The van der Waals surface area contributed by atoms with Crippen molar-refractivity contribution in [1.82, 2.24) is 9.55 Å². The molecule has 0 radical (unpaired) electrons. The Labute approximate surface area is 99.9 Å². The first-order valence-electron chi connectivity index (χ1n) is 5.49. The Bertz CT molecular complexity index is 403. The van der Waals surface area contributed by atoms with Crippen LogP contribution in [0, 0.1) is 17.0 Å². The average Bonchev–Trinajstić information content (AvgIpc) is 2.54. The highest BCUT2D eigenvalue weighted by Gasteiger charge is 2.24. The number of hydrogen-bond donors (Lipinski definition) is 1. The highest BCUT2D eigenvalue weighted by atomic mass is 16.6. The van der Waals surface area contributed by atoms with Crippen LogP contribution in [0.4, 0.5) is 11.6 Å². The molecule has 0 aliphatic heterocycles. The van der Waals surface area contributed by atoms with Gasteiger partial charge in [-0.05, 0) is 23.8 Å². The SMILES string of the molecule is CCOCC(C)Nc1c([N+](=O)[O-])nc(C)n1C. The smallest absolute Gasteiger partial charge is 0.380 e. The van der Waals surface area contributed by atoms with Crippen molar-refractivity contribution < 1.29 is 9.66 Å². The number of anilines is 1. The summed E-state index contributed by atoms with van der Waals surface area (Å²) in [6.07, 6.45) is 0. The predicted octanol–water partition coefficient (Wildman–Crippen LogP) is 1.47. The molecule has 0 aliphatic rings. The van der Waals surface area contributed by atoms with E-state index in [1.54, 1.807) is 18.5 Å². The minimum Gasteiger partial charge on any atom is -0.380 e. The van der Waals surface area contributed by atoms with Crippen LogP contribution < -0.4 is 5.32 Å². The zero-order valence-electron chi connectivity index (χ0n) is 10.6. The molecule has 0 saturated heterocycles. The number of hydrogen-bond acceptors (Lipinski definition) is 5. The number of aromatic nitrogens is 2. The molecular weight excluding hydrogens is 224 g/mol. The van der Waals surface area contributed by atoms with E-state index in [-0.39, 0.29) is 11.9 Å². The minimum atomic E-state index is -0.483. The fourth-order valence-electron chi connectivity index (χ4n) is 1.45. The number of nitrogens with one attached hydrogen (secondary N) is 1. The summed E-state index contributed by atoms with van der Waals surface area (Å²) in [5, 5.41) is 13.9. The molecule has 0 spiro atoms. The molecule has 1 unspecified atom stereocenters. The molecule has 0 amide bonds. The van der Waals surface area contributed by atoms with Crippen LogP contribution in [0.15, 0.2) is 0 Å². The molecule has 0 aliphatic carbocycles. The topological polar surface area (TPSA) is 82.2 Å². The van der Waals surface area contributed by atoms with Gasteiger partial charge in [0.25, 0.3) is 0 Å². The van der Waals surface area contributed by atoms with E-state index < -0.39 is 4.92 Å². The Morgan fingerprint density at radius 1 is 1.65 bits per heavy atom. The van der Waals surface area contributed by atoms with E-state index in [9.17, 15) is 10.1 Å². The van der Waals surface area contributed by atoms with Crippen molar-refractivity contribution in [3.8, 4) is 0 Å². The van der Waals surface area contributed by atoms with E-state index in [0.29, 0.717) is 24.9 Å². The van der Waals surface area contributed by atoms with Crippen LogP contribution >= 0.6 is 0 Å². The predicted molar refractivity (Wildman–Crippen MR) is 64.2 cm³/mol. The highest BCUT2D eigenvalue weighted by molar-refractivity contribution is 5.54. The Balaban J connectivity index is 2.85. The van der Waals surface area contributed by atoms with E-state index in [0.717, 1.165) is 0 Å². The van der Waals surface area contributed by atoms with Gasteiger partial charge in [-0.3, -0.25) is 4.57 Å². The van der Waals surface area contributed by atoms with Crippen LogP contribution in [0.3, 0.4) is 0 Å². The molecule has 0 aromatic carbocycles. The van der Waals surface area contributed by atoms with E-state index in [2.05, 4.69) is 10.3 Å². The largest absolute Gasteiger partial charge is 0.406 e. The lowest BCUT2D eigenvalue weighted by atomic mass is 10.3. The summed E-state index contributed by atoms with van der Waals surface area (Å²) < 4.78 is 6.92. The van der Waals surface area contributed by atoms with Crippen LogP contribution in [-0.4, -0.2) is 33.7 Å². The molecule has 7 nitrogen and oxygen atoms in total. The maximum absolute atomic E-state index is 10.8. The second kappa shape index (κ2) is 5.62. The van der Waals surface area contributed by atoms with Crippen molar-refractivity contribution in [3.05, 3.63) is 15.9 Å². The van der Waals surface area contributed by atoms with Crippen LogP contribution in [0.5, 0.6) is 0 Å². The lowest BCUT2D eigenvalue weighted by molar-refractivity contribution is -0.388. The summed E-state index contributed by atoms with van der Waals surface area (Å²) in [4.78, 5) is 14.3. The van der Waals surface area contributed by atoms with Gasteiger partial charge in [0.15, 0.2) is 0 Å². The molecule has 1 N–H and O–H groups in total. The third-order valence-electron chi connectivity index (χ3n) is 2.43. The molecule has 1 aromatic heterocycles. The van der Waals surface area contributed by atoms with E-state index in [1.165, 1.54) is 0 Å². The number of nitro groups is 1. The second-order valence-electron chi connectivity index (χ2n) is 3.85. The Kier molecular flexibility index (Phi) is 4.45. The maximum atomic E-state index is 10.8. The van der Waals surface area contributed by atoms with Gasteiger partial charge in [-0.15, -0.1) is 0 Å². The fourth-order valence-corrected chi connectivity index (χ4v) is 1.45. The average molecular weight is 242 g/mol. The number of ether oxygens (including phenoxy) is 1. The van der Waals surface area contributed by atoms with Gasteiger partial charge in [0, 0.05) is 26.6 Å². The third-order valence-corrected chi connectivity index (χ3v) is 2.43. The molecule has 1 aromatic rings. The molecular formula is C10H18N4O3. The lowest BCUT2D eigenvalue weighted by Gasteiger charge is -2.14. The van der Waals surface area contributed by atoms with E-state index in [4.69, 9.17) is 4.74 Å². The number of aryl methyl sites for hydroxylation is 1. The fraction of sp³-hybridized carbons (Fsp3) is 0.700. The van der Waals surface area contributed by atoms with Crippen LogP contribution in [0.1, 0.15) is 19.7 Å². The zero-order valence-corrected chi connectivity index (χ0v) is 10.6. The molecule has 17 heavy (non-hydrogen) atoms. The first-order valence-corrected chi connectivity index (χ1v) is 5.49. The molecule has 1 heterocycles. The van der Waals surface area contributed by atoms with Gasteiger partial charge in [0.1, 0.15) is 0 Å². The maximum Gasteiger partial charge on any atom is 0.406 e. The number of nitrogens with zero attached hydrogens (tertiary/aromatic N) is 3. The number of rotatable bonds is 6. The standard InChI is InChI=1S/C10H18N4O3/c1-5-17-6-7(2)11-9-10(14(15)16)12-8(3)13(9)4/h7,11H,5-6H2,1-4H3. The number of imidazole rings is 1. The highest BCUT2D eigenvalue weighted by Crippen LogP contribution is 2.24. The van der Waals surface area contributed by atoms with Gasteiger partial charge >= 0.3 is 5.82 Å². The van der Waals surface area contributed by atoms with Gasteiger partial charge in [0.05, 0.1) is 6.61 Å². The summed E-state index contributed by atoms with van der Waals surface area (Å²) in [7, 11) is 1.74. The summed E-state index contributed by atoms with van der Waals surface area (Å²) in [5.74, 6) is 0.871. The van der Waals surface area contributed by atoms with Crippen molar-refractivity contribution in [1.29, 1.82) is 0 Å². The van der Waals surface area contributed by atoms with Crippen LogP contribution in [0.25, 0.3) is 0 Å². The Morgan fingerprint density at radius 3 is 2.82 bits per heavy atom. The molecule has 1 atom stereocenters. The summed E-state index contributed by atoms with van der Waals surface area (Å²) in [6.45, 7) is 6.66. The summed E-state index contributed by atoms with van der Waals surface area (Å²) in [5.41, 5.74) is 0. The Morgan fingerprint density at radius 2 is 2.29 bits per heavy atom. The van der Waals surface area contributed by atoms with Crippen LogP contribution in [-0.2, 0) is 11.8 Å². The van der Waals surface area contributed by atoms with Gasteiger partial charge in [-0.25, -0.2) is 0 Å². The molecule has 0 saturated carbocycles.